The lowest BCUT2D eigenvalue weighted by Gasteiger charge is -2.10. The van der Waals surface area contributed by atoms with Crippen LogP contribution in [0.4, 0.5) is 0 Å². The molecule has 0 atom stereocenters. The minimum Gasteiger partial charge on any atom is -0.343 e. The molecule has 7 nitrogen and oxygen atoms in total. The first-order valence-electron chi connectivity index (χ1n) is 4.99. The zero-order valence-corrected chi connectivity index (χ0v) is 11.0. The summed E-state index contributed by atoms with van der Waals surface area (Å²) in [7, 11) is -0.960. The minimum atomic E-state index is -3.99. The fourth-order valence-electron chi connectivity index (χ4n) is 1.38. The molecule has 0 spiro atoms. The maximum atomic E-state index is 11.8. The summed E-state index contributed by atoms with van der Waals surface area (Å²) in [6, 6.07) is 0. The average Bonchev–Trinajstić information content (AvgIpc) is 2.59. The van der Waals surface area contributed by atoms with E-state index < -0.39 is 15.9 Å². The van der Waals surface area contributed by atoms with Gasteiger partial charge in [0.1, 0.15) is 4.90 Å². The Morgan fingerprint density at radius 2 is 1.94 bits per heavy atom. The molecule has 1 aromatic rings. The fourth-order valence-corrected chi connectivity index (χ4v) is 2.37. The largest absolute Gasteiger partial charge is 0.343 e. The van der Waals surface area contributed by atoms with Gasteiger partial charge in [-0.1, -0.05) is 13.8 Å². The second-order valence-electron chi connectivity index (χ2n) is 4.21. The summed E-state index contributed by atoms with van der Waals surface area (Å²) in [4.78, 5) is 12.8. The molecule has 0 aliphatic rings. The number of sulfonamides is 1. The van der Waals surface area contributed by atoms with Gasteiger partial charge in [0.15, 0.2) is 5.69 Å². The third kappa shape index (κ3) is 2.64. The number of hydrogen-bond acceptors (Lipinski definition) is 4. The Bertz CT molecular complexity index is 530. The van der Waals surface area contributed by atoms with Crippen LogP contribution < -0.4 is 5.14 Å². The van der Waals surface area contributed by atoms with Crippen molar-refractivity contribution in [3.05, 3.63) is 11.4 Å². The summed E-state index contributed by atoms with van der Waals surface area (Å²) >= 11 is 0. The number of aromatic amines is 1. The molecule has 1 aromatic heterocycles. The zero-order valence-electron chi connectivity index (χ0n) is 10.2. The molecular weight excluding hydrogens is 244 g/mol. The van der Waals surface area contributed by atoms with E-state index >= 15 is 0 Å². The Morgan fingerprint density at radius 3 is 2.29 bits per heavy atom. The first-order chi connectivity index (χ1) is 7.66. The monoisotopic (exact) mass is 260 g/mol. The molecule has 0 aliphatic heterocycles. The molecule has 1 heterocycles. The maximum absolute atomic E-state index is 11.8. The highest BCUT2D eigenvalue weighted by molar-refractivity contribution is 7.89. The zero-order chi connectivity index (χ0) is 13.4. The van der Waals surface area contributed by atoms with E-state index in [1.54, 1.807) is 13.8 Å². The van der Waals surface area contributed by atoms with Crippen molar-refractivity contribution in [2.75, 3.05) is 14.1 Å². The van der Waals surface area contributed by atoms with Crippen molar-refractivity contribution in [3.63, 3.8) is 0 Å². The smallest absolute Gasteiger partial charge is 0.275 e. The molecule has 0 unspecified atom stereocenters. The fraction of sp³-hybridized carbons (Fsp3) is 0.556. The molecule has 0 bridgehead atoms. The normalized spacial score (nSPS) is 11.9. The van der Waals surface area contributed by atoms with Crippen LogP contribution in [0.2, 0.25) is 0 Å². The summed E-state index contributed by atoms with van der Waals surface area (Å²) < 4.78 is 23.0. The van der Waals surface area contributed by atoms with Gasteiger partial charge in [-0.25, -0.2) is 13.6 Å². The predicted molar refractivity (Wildman–Crippen MR) is 62.1 cm³/mol. The van der Waals surface area contributed by atoms with Crippen LogP contribution in [0.3, 0.4) is 0 Å². The number of amides is 1. The Morgan fingerprint density at radius 1 is 1.41 bits per heavy atom. The molecule has 8 heteroatoms. The molecule has 1 rings (SSSR count). The predicted octanol–water partition coefficient (Wildman–Crippen LogP) is -0.118. The van der Waals surface area contributed by atoms with E-state index in [4.69, 9.17) is 5.14 Å². The third-order valence-electron chi connectivity index (χ3n) is 2.22. The topological polar surface area (TPSA) is 109 Å². The van der Waals surface area contributed by atoms with Crippen molar-refractivity contribution in [2.45, 2.75) is 24.7 Å². The number of aromatic nitrogens is 2. The highest BCUT2D eigenvalue weighted by Gasteiger charge is 2.29. The Balaban J connectivity index is 3.50. The van der Waals surface area contributed by atoms with Crippen LogP contribution in [0, 0.1) is 0 Å². The summed E-state index contributed by atoms with van der Waals surface area (Å²) in [5.41, 5.74) is 0.180. The lowest BCUT2D eigenvalue weighted by Crippen LogP contribution is -2.26. The van der Waals surface area contributed by atoms with Crippen LogP contribution in [0.25, 0.3) is 0 Å². The molecule has 96 valence electrons. The van der Waals surface area contributed by atoms with Crippen molar-refractivity contribution in [1.82, 2.24) is 15.1 Å². The van der Waals surface area contributed by atoms with E-state index in [0.29, 0.717) is 5.69 Å². The molecule has 0 saturated carbocycles. The average molecular weight is 260 g/mol. The van der Waals surface area contributed by atoms with Gasteiger partial charge in [0.25, 0.3) is 5.91 Å². The van der Waals surface area contributed by atoms with Crippen molar-refractivity contribution in [2.24, 2.45) is 5.14 Å². The summed E-state index contributed by atoms with van der Waals surface area (Å²) in [5.74, 6) is -0.628. The van der Waals surface area contributed by atoms with Gasteiger partial charge in [-0.05, 0) is 5.92 Å². The SMILES string of the molecule is CC(C)c1[nH]nc(C(=O)N(C)C)c1S(N)(=O)=O. The number of primary sulfonamides is 1. The highest BCUT2D eigenvalue weighted by atomic mass is 32.2. The first kappa shape index (κ1) is 13.7. The molecule has 0 aliphatic carbocycles. The van der Waals surface area contributed by atoms with Gasteiger partial charge in [0, 0.05) is 14.1 Å². The molecule has 0 aromatic carbocycles. The Labute approximate surface area is 100 Å². The molecule has 0 fully saturated rings. The van der Waals surface area contributed by atoms with Gasteiger partial charge >= 0.3 is 0 Å². The number of carbonyl (C=O) groups is 1. The number of nitrogens with zero attached hydrogens (tertiary/aromatic N) is 2. The summed E-state index contributed by atoms with van der Waals surface area (Å²) in [5, 5.41) is 11.4. The number of carbonyl (C=O) groups excluding carboxylic acids is 1. The van der Waals surface area contributed by atoms with Crippen molar-refractivity contribution in [1.29, 1.82) is 0 Å². The Hall–Kier alpha value is -1.41. The number of H-pyrrole nitrogens is 1. The first-order valence-corrected chi connectivity index (χ1v) is 6.53. The number of nitrogens with one attached hydrogen (secondary N) is 1. The lowest BCUT2D eigenvalue weighted by atomic mass is 10.1. The van der Waals surface area contributed by atoms with Crippen molar-refractivity contribution >= 4 is 15.9 Å². The second kappa shape index (κ2) is 4.46. The lowest BCUT2D eigenvalue weighted by molar-refractivity contribution is 0.0818. The van der Waals surface area contributed by atoms with Gasteiger partial charge in [-0.15, -0.1) is 0 Å². The van der Waals surface area contributed by atoms with Crippen LogP contribution in [-0.2, 0) is 10.0 Å². The summed E-state index contributed by atoms with van der Waals surface area (Å²) in [6.45, 7) is 3.57. The quantitative estimate of drug-likeness (QED) is 0.789. The van der Waals surface area contributed by atoms with Crippen molar-refractivity contribution < 1.29 is 13.2 Å². The van der Waals surface area contributed by atoms with Gasteiger partial charge in [-0.3, -0.25) is 9.89 Å². The van der Waals surface area contributed by atoms with Gasteiger partial charge in [-0.2, -0.15) is 5.10 Å². The second-order valence-corrected chi connectivity index (χ2v) is 5.71. The molecular formula is C9H16N4O3S. The van der Waals surface area contributed by atoms with Crippen LogP contribution in [0.1, 0.15) is 35.9 Å². The van der Waals surface area contributed by atoms with E-state index in [1.807, 2.05) is 0 Å². The molecule has 0 radical (unpaired) electrons. The molecule has 17 heavy (non-hydrogen) atoms. The van der Waals surface area contributed by atoms with Gasteiger partial charge in [0.2, 0.25) is 10.0 Å². The molecule has 1 amide bonds. The molecule has 3 N–H and O–H groups in total. The standard InChI is InChI=1S/C9H16N4O3S/c1-5(2)6-8(17(10,15)16)7(12-11-6)9(14)13(3)4/h5H,1-4H3,(H,11,12)(H2,10,15,16). The van der Waals surface area contributed by atoms with Gasteiger partial charge < -0.3 is 4.90 Å². The number of rotatable bonds is 3. The number of hydrogen-bond donors (Lipinski definition) is 2. The van der Waals surface area contributed by atoms with Crippen molar-refractivity contribution in [3.8, 4) is 0 Å². The summed E-state index contributed by atoms with van der Waals surface area (Å²) in [6.07, 6.45) is 0. The van der Waals surface area contributed by atoms with Crippen LogP contribution in [-0.4, -0.2) is 43.5 Å². The van der Waals surface area contributed by atoms with E-state index in [9.17, 15) is 13.2 Å². The van der Waals surface area contributed by atoms with Crippen LogP contribution in [0.15, 0.2) is 4.90 Å². The van der Waals surface area contributed by atoms with E-state index in [0.717, 1.165) is 0 Å². The number of nitrogens with two attached hydrogens (primary N) is 1. The van der Waals surface area contributed by atoms with E-state index in [1.165, 1.54) is 19.0 Å². The van der Waals surface area contributed by atoms with Crippen LogP contribution >= 0.6 is 0 Å². The maximum Gasteiger partial charge on any atom is 0.275 e. The minimum absolute atomic E-state index is 0.125. The highest BCUT2D eigenvalue weighted by Crippen LogP contribution is 2.24. The Kier molecular flexibility index (Phi) is 3.58. The van der Waals surface area contributed by atoms with E-state index in [2.05, 4.69) is 10.2 Å². The molecule has 0 saturated heterocycles. The van der Waals surface area contributed by atoms with E-state index in [-0.39, 0.29) is 16.5 Å². The third-order valence-corrected chi connectivity index (χ3v) is 3.20. The van der Waals surface area contributed by atoms with Gasteiger partial charge in [0.05, 0.1) is 5.69 Å². The van der Waals surface area contributed by atoms with Crippen LogP contribution in [0.5, 0.6) is 0 Å².